The summed E-state index contributed by atoms with van der Waals surface area (Å²) in [4.78, 5) is 13.1. The first-order chi connectivity index (χ1) is 9.06. The van der Waals surface area contributed by atoms with Gasteiger partial charge in [-0.1, -0.05) is 0 Å². The summed E-state index contributed by atoms with van der Waals surface area (Å²) in [5.74, 6) is -1.02. The normalized spacial score (nSPS) is 22.7. The highest BCUT2D eigenvalue weighted by atomic mass is 16.5. The number of hydrogen-bond donors (Lipinski definition) is 2. The lowest BCUT2D eigenvalue weighted by Crippen LogP contribution is -2.27. The van der Waals surface area contributed by atoms with E-state index in [1.54, 1.807) is 26.4 Å². The number of nitrogens with two attached hydrogens (primary N) is 1. The van der Waals surface area contributed by atoms with Crippen molar-refractivity contribution in [2.75, 3.05) is 37.9 Å². The second kappa shape index (κ2) is 5.46. The molecule has 1 heterocycles. The van der Waals surface area contributed by atoms with Gasteiger partial charge in [0.15, 0.2) is 0 Å². The SMILES string of the molecule is COC1CN(c2ccc(N)c(C(=O)O)c2)CC1OC. The highest BCUT2D eigenvalue weighted by molar-refractivity contribution is 5.94. The molecular weight excluding hydrogens is 248 g/mol. The minimum Gasteiger partial charge on any atom is -0.478 e. The molecule has 0 radical (unpaired) electrons. The predicted molar refractivity (Wildman–Crippen MR) is 71.6 cm³/mol. The quantitative estimate of drug-likeness (QED) is 0.785. The van der Waals surface area contributed by atoms with E-state index < -0.39 is 5.97 Å². The Morgan fingerprint density at radius 1 is 1.32 bits per heavy atom. The zero-order valence-corrected chi connectivity index (χ0v) is 11.0. The van der Waals surface area contributed by atoms with Crippen molar-refractivity contribution in [2.24, 2.45) is 0 Å². The molecule has 0 bridgehead atoms. The zero-order chi connectivity index (χ0) is 14.0. The van der Waals surface area contributed by atoms with Crippen molar-refractivity contribution in [3.05, 3.63) is 23.8 Å². The smallest absolute Gasteiger partial charge is 0.337 e. The van der Waals surface area contributed by atoms with E-state index >= 15 is 0 Å². The summed E-state index contributed by atoms with van der Waals surface area (Å²) in [7, 11) is 3.29. The molecule has 6 nitrogen and oxygen atoms in total. The summed E-state index contributed by atoms with van der Waals surface area (Å²) in [5.41, 5.74) is 6.84. The lowest BCUT2D eigenvalue weighted by atomic mass is 10.1. The summed E-state index contributed by atoms with van der Waals surface area (Å²) >= 11 is 0. The minimum absolute atomic E-state index is 0.0177. The number of nitrogens with zero attached hydrogens (tertiary/aromatic N) is 1. The van der Waals surface area contributed by atoms with Gasteiger partial charge in [0.25, 0.3) is 0 Å². The number of benzene rings is 1. The van der Waals surface area contributed by atoms with Crippen molar-refractivity contribution >= 4 is 17.3 Å². The van der Waals surface area contributed by atoms with Crippen LogP contribution in [0.1, 0.15) is 10.4 Å². The number of carbonyl (C=O) groups is 1. The van der Waals surface area contributed by atoms with Crippen molar-refractivity contribution < 1.29 is 19.4 Å². The molecule has 19 heavy (non-hydrogen) atoms. The number of methoxy groups -OCH3 is 2. The molecule has 2 unspecified atom stereocenters. The molecule has 0 aromatic heterocycles. The van der Waals surface area contributed by atoms with Crippen LogP contribution >= 0.6 is 0 Å². The van der Waals surface area contributed by atoms with Crippen LogP contribution in [0.15, 0.2) is 18.2 Å². The van der Waals surface area contributed by atoms with Crippen molar-refractivity contribution in [3.8, 4) is 0 Å². The summed E-state index contributed by atoms with van der Waals surface area (Å²) in [6, 6.07) is 5.01. The van der Waals surface area contributed by atoms with Crippen LogP contribution in [-0.4, -0.2) is 50.6 Å². The number of carboxylic acid groups (broad SMARTS) is 1. The van der Waals surface area contributed by atoms with Crippen molar-refractivity contribution in [3.63, 3.8) is 0 Å². The molecule has 1 aromatic rings. The van der Waals surface area contributed by atoms with Crippen molar-refractivity contribution in [1.82, 2.24) is 0 Å². The fourth-order valence-corrected chi connectivity index (χ4v) is 2.33. The molecule has 104 valence electrons. The fraction of sp³-hybridized carbons (Fsp3) is 0.462. The molecule has 6 heteroatoms. The molecular formula is C13H18N2O4. The number of carboxylic acids is 1. The van der Waals surface area contributed by atoms with Gasteiger partial charge in [-0.3, -0.25) is 0 Å². The van der Waals surface area contributed by atoms with E-state index in [1.165, 1.54) is 0 Å². The maximum absolute atomic E-state index is 11.1. The number of aromatic carboxylic acids is 1. The number of nitrogen functional groups attached to an aromatic ring is 1. The van der Waals surface area contributed by atoms with Gasteiger partial charge in [-0.2, -0.15) is 0 Å². The summed E-state index contributed by atoms with van der Waals surface area (Å²) in [6.07, 6.45) is -0.0355. The molecule has 1 aliphatic rings. The average Bonchev–Trinajstić information content (AvgIpc) is 2.82. The topological polar surface area (TPSA) is 85.0 Å². The highest BCUT2D eigenvalue weighted by Gasteiger charge is 2.33. The first-order valence-electron chi connectivity index (χ1n) is 6.00. The third kappa shape index (κ3) is 2.64. The van der Waals surface area contributed by atoms with Crippen LogP contribution in [0.5, 0.6) is 0 Å². The number of anilines is 2. The summed E-state index contributed by atoms with van der Waals surface area (Å²) in [6.45, 7) is 1.33. The highest BCUT2D eigenvalue weighted by Crippen LogP contribution is 2.26. The molecule has 1 aromatic carbocycles. The molecule has 2 atom stereocenters. The second-order valence-corrected chi connectivity index (χ2v) is 4.53. The summed E-state index contributed by atoms with van der Waals surface area (Å²) in [5, 5.41) is 9.08. The Balaban J connectivity index is 2.24. The molecule has 0 spiro atoms. The van der Waals surface area contributed by atoms with Gasteiger partial charge >= 0.3 is 5.97 Å². The molecule has 0 amide bonds. The lowest BCUT2D eigenvalue weighted by Gasteiger charge is -2.19. The first kappa shape index (κ1) is 13.6. The molecule has 1 aliphatic heterocycles. The average molecular weight is 266 g/mol. The lowest BCUT2D eigenvalue weighted by molar-refractivity contribution is -0.00461. The maximum Gasteiger partial charge on any atom is 0.337 e. The van der Waals surface area contributed by atoms with E-state index in [0.29, 0.717) is 13.1 Å². The van der Waals surface area contributed by atoms with Crippen LogP contribution in [0.4, 0.5) is 11.4 Å². The van der Waals surface area contributed by atoms with E-state index in [4.69, 9.17) is 20.3 Å². The third-order valence-corrected chi connectivity index (χ3v) is 3.45. The van der Waals surface area contributed by atoms with Crippen LogP contribution in [0, 0.1) is 0 Å². The van der Waals surface area contributed by atoms with E-state index in [0.717, 1.165) is 5.69 Å². The minimum atomic E-state index is -1.02. The molecule has 0 aliphatic carbocycles. The van der Waals surface area contributed by atoms with Crippen LogP contribution in [0.3, 0.4) is 0 Å². The van der Waals surface area contributed by atoms with Crippen LogP contribution in [-0.2, 0) is 9.47 Å². The van der Waals surface area contributed by atoms with Crippen LogP contribution in [0.25, 0.3) is 0 Å². The Kier molecular flexibility index (Phi) is 3.92. The van der Waals surface area contributed by atoms with Crippen molar-refractivity contribution in [1.29, 1.82) is 0 Å². The van der Waals surface area contributed by atoms with Crippen LogP contribution in [0.2, 0.25) is 0 Å². The van der Waals surface area contributed by atoms with Gasteiger partial charge < -0.3 is 25.2 Å². The summed E-state index contributed by atoms with van der Waals surface area (Å²) < 4.78 is 10.7. The molecule has 1 saturated heterocycles. The van der Waals surface area contributed by atoms with Crippen LogP contribution < -0.4 is 10.6 Å². The fourth-order valence-electron chi connectivity index (χ4n) is 2.33. The number of ether oxygens (including phenoxy) is 2. The Morgan fingerprint density at radius 3 is 2.37 bits per heavy atom. The van der Waals surface area contributed by atoms with Gasteiger partial charge in [0.05, 0.1) is 5.56 Å². The number of hydrogen-bond acceptors (Lipinski definition) is 5. The Morgan fingerprint density at radius 2 is 1.89 bits per heavy atom. The monoisotopic (exact) mass is 266 g/mol. The first-order valence-corrected chi connectivity index (χ1v) is 6.00. The maximum atomic E-state index is 11.1. The Bertz CT molecular complexity index is 466. The number of rotatable bonds is 4. The van der Waals surface area contributed by atoms with Gasteiger partial charge in [0.2, 0.25) is 0 Å². The Hall–Kier alpha value is -1.79. The van der Waals surface area contributed by atoms with E-state index in [2.05, 4.69) is 0 Å². The molecule has 1 fully saturated rings. The van der Waals surface area contributed by atoms with E-state index in [1.807, 2.05) is 11.0 Å². The van der Waals surface area contributed by atoms with Crippen molar-refractivity contribution in [2.45, 2.75) is 12.2 Å². The second-order valence-electron chi connectivity index (χ2n) is 4.53. The molecule has 3 N–H and O–H groups in total. The van der Waals surface area contributed by atoms with Gasteiger partial charge in [0, 0.05) is 38.7 Å². The van der Waals surface area contributed by atoms with Gasteiger partial charge in [0.1, 0.15) is 12.2 Å². The third-order valence-electron chi connectivity index (χ3n) is 3.45. The Labute approximate surface area is 111 Å². The van der Waals surface area contributed by atoms with Gasteiger partial charge in [-0.25, -0.2) is 4.79 Å². The van der Waals surface area contributed by atoms with Gasteiger partial charge in [-0.05, 0) is 18.2 Å². The zero-order valence-electron chi connectivity index (χ0n) is 11.0. The largest absolute Gasteiger partial charge is 0.478 e. The van der Waals surface area contributed by atoms with Gasteiger partial charge in [-0.15, -0.1) is 0 Å². The van der Waals surface area contributed by atoms with E-state index in [-0.39, 0.29) is 23.5 Å². The predicted octanol–water partition coefficient (Wildman–Crippen LogP) is 0.817. The standard InChI is InChI=1S/C13H18N2O4/c1-18-11-6-15(7-12(11)19-2)8-3-4-10(14)9(5-8)13(16)17/h3-5,11-12H,6-7,14H2,1-2H3,(H,16,17). The molecule has 0 saturated carbocycles. The van der Waals surface area contributed by atoms with E-state index in [9.17, 15) is 4.79 Å². The molecule has 2 rings (SSSR count).